The number of nitrogens with zero attached hydrogens (tertiary/aromatic N) is 4. The standard InChI is InChI=1S/C18H25N5O2S/c1-4-19-18-20-15(3)13-17(21-18)22-8-10-23(11-9-22)26(24,25)16-7-5-6-14(2)12-16/h5-7,12-13H,4,8-11H2,1-3H3,(H,19,20,21). The topological polar surface area (TPSA) is 78.4 Å². The smallest absolute Gasteiger partial charge is 0.243 e. The second kappa shape index (κ2) is 7.59. The molecular weight excluding hydrogens is 350 g/mol. The summed E-state index contributed by atoms with van der Waals surface area (Å²) in [5.74, 6) is 1.44. The van der Waals surface area contributed by atoms with Crippen LogP contribution >= 0.6 is 0 Å². The molecule has 1 N–H and O–H groups in total. The summed E-state index contributed by atoms with van der Waals surface area (Å²) in [6.07, 6.45) is 0. The molecule has 0 radical (unpaired) electrons. The normalized spacial score (nSPS) is 15.9. The zero-order valence-electron chi connectivity index (χ0n) is 15.4. The summed E-state index contributed by atoms with van der Waals surface area (Å²) in [5.41, 5.74) is 1.83. The van der Waals surface area contributed by atoms with Crippen molar-refractivity contribution in [2.24, 2.45) is 0 Å². The first kappa shape index (κ1) is 18.6. The largest absolute Gasteiger partial charge is 0.354 e. The molecule has 1 aromatic carbocycles. The first-order valence-electron chi connectivity index (χ1n) is 8.81. The van der Waals surface area contributed by atoms with Crippen molar-refractivity contribution in [3.05, 3.63) is 41.6 Å². The van der Waals surface area contributed by atoms with Gasteiger partial charge in [0.05, 0.1) is 4.90 Å². The molecule has 0 amide bonds. The number of piperazine rings is 1. The maximum Gasteiger partial charge on any atom is 0.243 e. The summed E-state index contributed by atoms with van der Waals surface area (Å²) in [5, 5.41) is 3.13. The van der Waals surface area contributed by atoms with Gasteiger partial charge in [0.25, 0.3) is 0 Å². The minimum Gasteiger partial charge on any atom is -0.354 e. The van der Waals surface area contributed by atoms with Crippen LogP contribution in [-0.4, -0.2) is 55.4 Å². The number of rotatable bonds is 5. The van der Waals surface area contributed by atoms with Crippen LogP contribution in [0.4, 0.5) is 11.8 Å². The monoisotopic (exact) mass is 375 g/mol. The maximum atomic E-state index is 12.8. The Bertz CT molecular complexity index is 877. The SMILES string of the molecule is CCNc1nc(C)cc(N2CCN(S(=O)(=O)c3cccc(C)c3)CC2)n1. The summed E-state index contributed by atoms with van der Waals surface area (Å²) < 4.78 is 27.2. The van der Waals surface area contributed by atoms with Crippen LogP contribution in [0.25, 0.3) is 0 Å². The lowest BCUT2D eigenvalue weighted by Crippen LogP contribution is -2.49. The van der Waals surface area contributed by atoms with E-state index in [1.807, 2.05) is 32.9 Å². The summed E-state index contributed by atoms with van der Waals surface area (Å²) in [4.78, 5) is 11.4. The van der Waals surface area contributed by atoms with Crippen LogP contribution in [0.3, 0.4) is 0 Å². The van der Waals surface area contributed by atoms with Gasteiger partial charge in [-0.25, -0.2) is 13.4 Å². The highest BCUT2D eigenvalue weighted by molar-refractivity contribution is 7.89. The fourth-order valence-electron chi connectivity index (χ4n) is 3.03. The lowest BCUT2D eigenvalue weighted by molar-refractivity contribution is 0.383. The van der Waals surface area contributed by atoms with Crippen molar-refractivity contribution in [2.45, 2.75) is 25.7 Å². The number of aromatic nitrogens is 2. The molecule has 1 aliphatic rings. The highest BCUT2D eigenvalue weighted by atomic mass is 32.2. The number of nitrogens with one attached hydrogen (secondary N) is 1. The van der Waals surface area contributed by atoms with Gasteiger partial charge in [-0.1, -0.05) is 12.1 Å². The Kier molecular flexibility index (Phi) is 5.43. The van der Waals surface area contributed by atoms with Gasteiger partial charge in [0, 0.05) is 44.5 Å². The van der Waals surface area contributed by atoms with E-state index in [2.05, 4.69) is 20.2 Å². The molecular formula is C18H25N5O2S. The second-order valence-electron chi connectivity index (χ2n) is 6.43. The molecule has 0 atom stereocenters. The van der Waals surface area contributed by atoms with E-state index in [0.29, 0.717) is 37.0 Å². The predicted molar refractivity (Wildman–Crippen MR) is 103 cm³/mol. The van der Waals surface area contributed by atoms with E-state index in [-0.39, 0.29) is 0 Å². The fourth-order valence-corrected chi connectivity index (χ4v) is 4.56. The second-order valence-corrected chi connectivity index (χ2v) is 8.37. The average molecular weight is 375 g/mol. The third kappa shape index (κ3) is 3.96. The third-order valence-electron chi connectivity index (χ3n) is 4.37. The minimum absolute atomic E-state index is 0.360. The van der Waals surface area contributed by atoms with Gasteiger partial charge in [0.15, 0.2) is 0 Å². The van der Waals surface area contributed by atoms with Crippen LogP contribution in [-0.2, 0) is 10.0 Å². The number of hydrogen-bond acceptors (Lipinski definition) is 6. The van der Waals surface area contributed by atoms with Crippen molar-refractivity contribution in [3.8, 4) is 0 Å². The van der Waals surface area contributed by atoms with Gasteiger partial charge in [0.2, 0.25) is 16.0 Å². The Labute approximate surface area is 155 Å². The molecule has 0 aliphatic carbocycles. The van der Waals surface area contributed by atoms with E-state index >= 15 is 0 Å². The first-order chi connectivity index (χ1) is 12.4. The number of benzene rings is 1. The lowest BCUT2D eigenvalue weighted by Gasteiger charge is -2.34. The highest BCUT2D eigenvalue weighted by Crippen LogP contribution is 2.21. The molecule has 0 saturated carbocycles. The molecule has 0 spiro atoms. The van der Waals surface area contributed by atoms with Crippen LogP contribution < -0.4 is 10.2 Å². The van der Waals surface area contributed by atoms with Crippen molar-refractivity contribution in [2.75, 3.05) is 42.9 Å². The molecule has 1 saturated heterocycles. The van der Waals surface area contributed by atoms with Crippen molar-refractivity contribution in [1.82, 2.24) is 14.3 Å². The van der Waals surface area contributed by atoms with Gasteiger partial charge in [-0.05, 0) is 38.5 Å². The summed E-state index contributed by atoms with van der Waals surface area (Å²) >= 11 is 0. The van der Waals surface area contributed by atoms with E-state index in [0.717, 1.165) is 23.6 Å². The van der Waals surface area contributed by atoms with Crippen molar-refractivity contribution < 1.29 is 8.42 Å². The molecule has 3 rings (SSSR count). The Morgan fingerprint density at radius 3 is 2.46 bits per heavy atom. The van der Waals surface area contributed by atoms with E-state index in [4.69, 9.17) is 0 Å². The zero-order valence-corrected chi connectivity index (χ0v) is 16.3. The highest BCUT2D eigenvalue weighted by Gasteiger charge is 2.29. The van der Waals surface area contributed by atoms with Crippen molar-refractivity contribution >= 4 is 21.8 Å². The van der Waals surface area contributed by atoms with Gasteiger partial charge >= 0.3 is 0 Å². The van der Waals surface area contributed by atoms with Gasteiger partial charge in [0.1, 0.15) is 5.82 Å². The lowest BCUT2D eigenvalue weighted by atomic mass is 10.2. The Morgan fingerprint density at radius 2 is 1.81 bits per heavy atom. The minimum atomic E-state index is -3.45. The van der Waals surface area contributed by atoms with Crippen LogP contribution in [0.5, 0.6) is 0 Å². The predicted octanol–water partition coefficient (Wildman–Crippen LogP) is 2.04. The van der Waals surface area contributed by atoms with Gasteiger partial charge in [-0.15, -0.1) is 0 Å². The number of hydrogen-bond donors (Lipinski definition) is 1. The van der Waals surface area contributed by atoms with Crippen molar-refractivity contribution in [1.29, 1.82) is 0 Å². The quantitative estimate of drug-likeness (QED) is 0.862. The van der Waals surface area contributed by atoms with Crippen LogP contribution in [0.1, 0.15) is 18.2 Å². The molecule has 2 heterocycles. The van der Waals surface area contributed by atoms with E-state index < -0.39 is 10.0 Å². The number of aryl methyl sites for hydroxylation is 2. The molecule has 0 unspecified atom stereocenters. The molecule has 8 heteroatoms. The maximum absolute atomic E-state index is 12.8. The number of anilines is 2. The Hall–Kier alpha value is -2.19. The van der Waals surface area contributed by atoms with Crippen molar-refractivity contribution in [3.63, 3.8) is 0 Å². The molecule has 0 bridgehead atoms. The van der Waals surface area contributed by atoms with Crippen LogP contribution in [0.2, 0.25) is 0 Å². The van der Waals surface area contributed by atoms with E-state index in [1.165, 1.54) is 0 Å². The summed E-state index contributed by atoms with van der Waals surface area (Å²) in [6, 6.07) is 9.00. The average Bonchev–Trinajstić information content (AvgIpc) is 2.61. The van der Waals surface area contributed by atoms with Crippen LogP contribution in [0, 0.1) is 13.8 Å². The molecule has 1 aromatic heterocycles. The molecule has 1 aliphatic heterocycles. The Balaban J connectivity index is 1.73. The molecule has 2 aromatic rings. The Morgan fingerprint density at radius 1 is 1.08 bits per heavy atom. The molecule has 1 fully saturated rings. The summed E-state index contributed by atoms with van der Waals surface area (Å²) in [7, 11) is -3.45. The summed E-state index contributed by atoms with van der Waals surface area (Å²) in [6.45, 7) is 8.68. The molecule has 7 nitrogen and oxygen atoms in total. The molecule has 140 valence electrons. The fraction of sp³-hybridized carbons (Fsp3) is 0.444. The first-order valence-corrected chi connectivity index (χ1v) is 10.3. The molecule has 26 heavy (non-hydrogen) atoms. The van der Waals surface area contributed by atoms with Gasteiger partial charge < -0.3 is 10.2 Å². The van der Waals surface area contributed by atoms with Crippen LogP contribution in [0.15, 0.2) is 35.2 Å². The third-order valence-corrected chi connectivity index (χ3v) is 6.26. The van der Waals surface area contributed by atoms with E-state index in [1.54, 1.807) is 22.5 Å². The number of sulfonamides is 1. The zero-order chi connectivity index (χ0) is 18.7. The van der Waals surface area contributed by atoms with Gasteiger partial charge in [-0.3, -0.25) is 0 Å². The van der Waals surface area contributed by atoms with E-state index in [9.17, 15) is 8.42 Å². The van der Waals surface area contributed by atoms with Gasteiger partial charge in [-0.2, -0.15) is 9.29 Å².